The molecule has 0 radical (unpaired) electrons. The van der Waals surface area contributed by atoms with Crippen LogP contribution >= 0.6 is 0 Å². The van der Waals surface area contributed by atoms with Crippen molar-refractivity contribution in [2.75, 3.05) is 0 Å². The zero-order valence-electron chi connectivity index (χ0n) is 9.02. The highest BCUT2D eigenvalue weighted by atomic mass is 19.1. The summed E-state index contributed by atoms with van der Waals surface area (Å²) < 4.78 is 19.0. The van der Waals surface area contributed by atoms with Crippen LogP contribution in [0, 0.1) is 5.82 Å². The van der Waals surface area contributed by atoms with Crippen LogP contribution in [0.4, 0.5) is 4.39 Å². The molecule has 0 amide bonds. The predicted octanol–water partition coefficient (Wildman–Crippen LogP) is 3.14. The normalized spacial score (nSPS) is 14.3. The SMILES string of the molecule is O=C(O)c1cccc(OC2=CCCC=C2)c1F. The molecule has 0 atom stereocenters. The summed E-state index contributed by atoms with van der Waals surface area (Å²) in [6.45, 7) is 0. The number of halogens is 1. The van der Waals surface area contributed by atoms with Crippen LogP contribution < -0.4 is 4.74 Å². The first-order valence-corrected chi connectivity index (χ1v) is 5.25. The number of allylic oxidation sites excluding steroid dienone is 3. The van der Waals surface area contributed by atoms with Crippen molar-refractivity contribution in [3.8, 4) is 5.75 Å². The molecule has 0 spiro atoms. The third-order valence-corrected chi connectivity index (χ3v) is 2.38. The van der Waals surface area contributed by atoms with E-state index >= 15 is 0 Å². The van der Waals surface area contributed by atoms with Gasteiger partial charge < -0.3 is 9.84 Å². The quantitative estimate of drug-likeness (QED) is 0.873. The van der Waals surface area contributed by atoms with E-state index in [4.69, 9.17) is 9.84 Å². The summed E-state index contributed by atoms with van der Waals surface area (Å²) in [5.41, 5.74) is -0.386. The van der Waals surface area contributed by atoms with Gasteiger partial charge in [-0.3, -0.25) is 0 Å². The third-order valence-electron chi connectivity index (χ3n) is 2.38. The molecule has 2 rings (SSSR count). The number of aromatic carboxylic acids is 1. The Bertz CT molecular complexity index is 503. The number of carboxylic acids is 1. The summed E-state index contributed by atoms with van der Waals surface area (Å²) >= 11 is 0. The Hall–Kier alpha value is -2.10. The van der Waals surface area contributed by atoms with Crippen molar-refractivity contribution in [3.63, 3.8) is 0 Å². The van der Waals surface area contributed by atoms with Crippen molar-refractivity contribution in [2.45, 2.75) is 12.8 Å². The van der Waals surface area contributed by atoms with Crippen LogP contribution in [-0.2, 0) is 0 Å². The molecule has 4 heteroatoms. The fourth-order valence-electron chi connectivity index (χ4n) is 1.55. The van der Waals surface area contributed by atoms with Gasteiger partial charge in [-0.25, -0.2) is 9.18 Å². The lowest BCUT2D eigenvalue weighted by Crippen LogP contribution is -2.04. The fraction of sp³-hybridized carbons (Fsp3) is 0.154. The van der Waals surface area contributed by atoms with Crippen LogP contribution in [0.2, 0.25) is 0 Å². The second-order valence-electron chi connectivity index (χ2n) is 3.61. The van der Waals surface area contributed by atoms with Gasteiger partial charge in [0.25, 0.3) is 0 Å². The van der Waals surface area contributed by atoms with E-state index < -0.39 is 11.8 Å². The van der Waals surface area contributed by atoms with E-state index in [1.54, 1.807) is 6.08 Å². The van der Waals surface area contributed by atoms with Crippen molar-refractivity contribution in [2.24, 2.45) is 0 Å². The fourth-order valence-corrected chi connectivity index (χ4v) is 1.55. The molecule has 17 heavy (non-hydrogen) atoms. The van der Waals surface area contributed by atoms with E-state index in [9.17, 15) is 9.18 Å². The molecule has 0 fully saturated rings. The van der Waals surface area contributed by atoms with E-state index in [1.807, 2.05) is 12.2 Å². The Labute approximate surface area is 97.8 Å². The van der Waals surface area contributed by atoms with Crippen molar-refractivity contribution >= 4 is 5.97 Å². The minimum absolute atomic E-state index is 0.0669. The van der Waals surface area contributed by atoms with Gasteiger partial charge in [-0.05, 0) is 37.1 Å². The molecule has 88 valence electrons. The number of rotatable bonds is 3. The molecule has 0 aliphatic heterocycles. The first-order chi connectivity index (χ1) is 8.18. The lowest BCUT2D eigenvalue weighted by atomic mass is 10.1. The van der Waals surface area contributed by atoms with Crippen molar-refractivity contribution < 1.29 is 19.0 Å². The highest BCUT2D eigenvalue weighted by Crippen LogP contribution is 2.24. The van der Waals surface area contributed by atoms with Gasteiger partial charge in [-0.1, -0.05) is 12.1 Å². The summed E-state index contributed by atoms with van der Waals surface area (Å²) in [5, 5.41) is 8.77. The zero-order chi connectivity index (χ0) is 12.3. The zero-order valence-corrected chi connectivity index (χ0v) is 9.02. The molecule has 1 aliphatic rings. The Balaban J connectivity index is 2.27. The summed E-state index contributed by atoms with van der Waals surface area (Å²) in [5.74, 6) is -1.68. The molecular weight excluding hydrogens is 223 g/mol. The molecular formula is C13H11FO3. The third kappa shape index (κ3) is 2.53. The van der Waals surface area contributed by atoms with Crippen LogP contribution in [0.1, 0.15) is 23.2 Å². The standard InChI is InChI=1S/C13H11FO3/c14-12-10(13(15)16)7-4-8-11(12)17-9-5-2-1-3-6-9/h2,4-8H,1,3H2,(H,15,16). The number of carboxylic acid groups (broad SMARTS) is 1. The van der Waals surface area contributed by atoms with E-state index in [2.05, 4.69) is 0 Å². The van der Waals surface area contributed by atoms with E-state index in [0.717, 1.165) is 12.8 Å². The highest BCUT2D eigenvalue weighted by molar-refractivity contribution is 5.88. The molecule has 0 saturated carbocycles. The van der Waals surface area contributed by atoms with Gasteiger partial charge in [0, 0.05) is 0 Å². The first-order valence-electron chi connectivity index (χ1n) is 5.25. The second-order valence-corrected chi connectivity index (χ2v) is 3.61. The van der Waals surface area contributed by atoms with Crippen molar-refractivity contribution in [1.82, 2.24) is 0 Å². The minimum atomic E-state index is -1.30. The Morgan fingerprint density at radius 1 is 1.35 bits per heavy atom. The smallest absolute Gasteiger partial charge is 0.338 e. The maximum atomic E-state index is 13.7. The molecule has 1 aliphatic carbocycles. The van der Waals surface area contributed by atoms with Crippen molar-refractivity contribution in [3.05, 3.63) is 53.6 Å². The molecule has 0 aromatic heterocycles. The highest BCUT2D eigenvalue weighted by Gasteiger charge is 2.15. The van der Waals surface area contributed by atoms with Crippen LogP contribution in [-0.4, -0.2) is 11.1 Å². The molecule has 1 N–H and O–H groups in total. The Kier molecular flexibility index (Phi) is 3.23. The lowest BCUT2D eigenvalue weighted by Gasteiger charge is -2.10. The predicted molar refractivity (Wildman–Crippen MR) is 60.4 cm³/mol. The molecule has 0 heterocycles. The summed E-state index contributed by atoms with van der Waals surface area (Å²) in [6.07, 6.45) is 7.29. The topological polar surface area (TPSA) is 46.5 Å². The molecule has 3 nitrogen and oxygen atoms in total. The first kappa shape index (κ1) is 11.4. The van der Waals surface area contributed by atoms with Gasteiger partial charge in [0.15, 0.2) is 11.6 Å². The number of hydrogen-bond acceptors (Lipinski definition) is 2. The number of benzene rings is 1. The molecule has 0 saturated heterocycles. The van der Waals surface area contributed by atoms with Gasteiger partial charge in [0.2, 0.25) is 0 Å². The van der Waals surface area contributed by atoms with E-state index in [1.165, 1.54) is 18.2 Å². The molecule has 1 aromatic carbocycles. The maximum absolute atomic E-state index is 13.7. The van der Waals surface area contributed by atoms with Gasteiger partial charge in [-0.15, -0.1) is 0 Å². The van der Waals surface area contributed by atoms with Crippen molar-refractivity contribution in [1.29, 1.82) is 0 Å². The number of ether oxygens (including phenoxy) is 1. The largest absolute Gasteiger partial charge is 0.478 e. The van der Waals surface area contributed by atoms with Gasteiger partial charge in [-0.2, -0.15) is 0 Å². The maximum Gasteiger partial charge on any atom is 0.338 e. The van der Waals surface area contributed by atoms with Crippen LogP contribution in [0.3, 0.4) is 0 Å². The average Bonchev–Trinajstić information content (AvgIpc) is 2.33. The number of carbonyl (C=O) groups is 1. The molecule has 1 aromatic rings. The van der Waals surface area contributed by atoms with Gasteiger partial charge in [0.1, 0.15) is 5.76 Å². The molecule has 0 unspecified atom stereocenters. The monoisotopic (exact) mass is 234 g/mol. The minimum Gasteiger partial charge on any atom is -0.478 e. The van der Waals surface area contributed by atoms with Crippen LogP contribution in [0.25, 0.3) is 0 Å². The number of hydrogen-bond donors (Lipinski definition) is 1. The summed E-state index contributed by atoms with van der Waals surface area (Å²) in [4.78, 5) is 10.7. The lowest BCUT2D eigenvalue weighted by molar-refractivity contribution is 0.0691. The Morgan fingerprint density at radius 2 is 2.18 bits per heavy atom. The van der Waals surface area contributed by atoms with Gasteiger partial charge in [0.05, 0.1) is 5.56 Å². The average molecular weight is 234 g/mol. The van der Waals surface area contributed by atoms with E-state index in [0.29, 0.717) is 5.76 Å². The van der Waals surface area contributed by atoms with Gasteiger partial charge >= 0.3 is 5.97 Å². The van der Waals surface area contributed by atoms with E-state index in [-0.39, 0.29) is 11.3 Å². The van der Waals surface area contributed by atoms with Crippen LogP contribution in [0.15, 0.2) is 42.2 Å². The Morgan fingerprint density at radius 3 is 2.82 bits per heavy atom. The summed E-state index contributed by atoms with van der Waals surface area (Å²) in [6, 6.07) is 4.07. The molecule has 0 bridgehead atoms. The summed E-state index contributed by atoms with van der Waals surface area (Å²) in [7, 11) is 0. The van der Waals surface area contributed by atoms with Crippen LogP contribution in [0.5, 0.6) is 5.75 Å². The second kappa shape index (κ2) is 4.82.